The zero-order valence-corrected chi connectivity index (χ0v) is 34.3. The second-order valence-electron chi connectivity index (χ2n) is 15.9. The van der Waals surface area contributed by atoms with Crippen LogP contribution in [0, 0.1) is 0 Å². The number of fused-ring (bicyclic) bond motifs is 1. The zero-order valence-electron chi connectivity index (χ0n) is 33.3. The molecule has 0 bridgehead atoms. The van der Waals surface area contributed by atoms with Crippen molar-refractivity contribution in [3.8, 4) is 0 Å². The van der Waals surface area contributed by atoms with Crippen LogP contribution < -0.4 is 5.32 Å². The van der Waals surface area contributed by atoms with Gasteiger partial charge >= 0.3 is 32.4 Å². The molecule has 16 nitrogen and oxygen atoms in total. The third-order valence-corrected chi connectivity index (χ3v) is 14.4. The van der Waals surface area contributed by atoms with E-state index in [4.69, 9.17) is 46.7 Å². The summed E-state index contributed by atoms with van der Waals surface area (Å²) in [6, 6.07) is -1.07. The normalized spacial score (nSPS) is 31.4. The summed E-state index contributed by atoms with van der Waals surface area (Å²) < 4.78 is 61.3. The molecule has 0 radical (unpaired) electrons. The molecular weight excluding hydrogens is 714 g/mol. The molecule has 17 heteroatoms. The molecule has 0 aromatic heterocycles. The third kappa shape index (κ3) is 11.4. The van der Waals surface area contributed by atoms with E-state index in [0.29, 0.717) is 6.42 Å². The van der Waals surface area contributed by atoms with Gasteiger partial charge in [0.2, 0.25) is 5.91 Å². The first kappa shape index (κ1) is 44.7. The minimum Gasteiger partial charge on any atom is -0.457 e. The molecule has 0 aliphatic carbocycles. The lowest BCUT2D eigenvalue weighted by molar-refractivity contribution is -0.325. The first-order valence-corrected chi connectivity index (χ1v) is 20.2. The Bertz CT molecular complexity index is 1270. The van der Waals surface area contributed by atoms with Crippen LogP contribution in [0.25, 0.3) is 0 Å². The smallest absolute Gasteiger partial charge is 0.349 e. The van der Waals surface area contributed by atoms with Gasteiger partial charge in [0.1, 0.15) is 24.4 Å². The molecule has 3 fully saturated rings. The van der Waals surface area contributed by atoms with Gasteiger partial charge in [-0.15, -0.1) is 0 Å². The Morgan fingerprint density at radius 3 is 1.75 bits per heavy atom. The minimum atomic E-state index is -3.10. The van der Waals surface area contributed by atoms with Crippen molar-refractivity contribution in [1.29, 1.82) is 0 Å². The summed E-state index contributed by atoms with van der Waals surface area (Å²) in [5.74, 6) is -3.22. The van der Waals surface area contributed by atoms with Crippen molar-refractivity contribution < 1.29 is 70.7 Å². The monoisotopic (exact) mass is 775 g/mol. The fourth-order valence-corrected chi connectivity index (χ4v) is 12.4. The van der Waals surface area contributed by atoms with Crippen LogP contribution >= 0.6 is 0 Å². The van der Waals surface area contributed by atoms with Gasteiger partial charge in [0, 0.05) is 51.3 Å². The lowest BCUT2D eigenvalue weighted by Gasteiger charge is -2.58. The summed E-state index contributed by atoms with van der Waals surface area (Å²) in [7, 11) is -3.10. The van der Waals surface area contributed by atoms with Crippen molar-refractivity contribution in [1.82, 2.24) is 5.32 Å². The Hall–Kier alpha value is -2.67. The lowest BCUT2D eigenvalue weighted by atomic mass is 9.96. The first-order valence-electron chi connectivity index (χ1n) is 18.4. The molecule has 304 valence electrons. The number of rotatable bonds is 14. The summed E-state index contributed by atoms with van der Waals surface area (Å²) in [5, 5.41) is 2.01. The summed E-state index contributed by atoms with van der Waals surface area (Å²) in [4.78, 5) is 62.2. The second kappa shape index (κ2) is 18.8. The lowest BCUT2D eigenvalue weighted by Crippen LogP contribution is -2.73. The summed E-state index contributed by atoms with van der Waals surface area (Å²) in [6.45, 7) is 20.4. The molecule has 0 aromatic rings. The van der Waals surface area contributed by atoms with Crippen LogP contribution in [0.2, 0.25) is 10.1 Å². The van der Waals surface area contributed by atoms with Crippen LogP contribution in [-0.4, -0.2) is 120 Å². The van der Waals surface area contributed by atoms with Crippen molar-refractivity contribution >= 4 is 38.3 Å². The number of nitrogens with one attached hydrogen (secondary N) is 1. The van der Waals surface area contributed by atoms with E-state index in [1.165, 1.54) is 34.6 Å². The average Bonchev–Trinajstić information content (AvgIpc) is 3.01. The van der Waals surface area contributed by atoms with E-state index in [1.807, 2.05) is 41.5 Å². The number of amides is 1. The fraction of sp³-hybridized carbons (Fsp3) is 0.861. The van der Waals surface area contributed by atoms with Gasteiger partial charge < -0.3 is 52.1 Å². The molecule has 3 heterocycles. The molecule has 0 saturated carbocycles. The maximum Gasteiger partial charge on any atom is 0.349 e. The Labute approximate surface area is 314 Å². The maximum atomic E-state index is 12.6. The van der Waals surface area contributed by atoms with Gasteiger partial charge in [-0.05, 0) is 6.42 Å². The number of carbonyl (C=O) groups excluding carboxylic acids is 5. The third-order valence-electron chi connectivity index (χ3n) is 9.25. The Morgan fingerprint density at radius 1 is 0.679 bits per heavy atom. The average molecular weight is 776 g/mol. The molecule has 10 atom stereocenters. The van der Waals surface area contributed by atoms with Crippen LogP contribution in [0.15, 0.2) is 0 Å². The van der Waals surface area contributed by atoms with E-state index in [9.17, 15) is 24.0 Å². The molecule has 1 N–H and O–H groups in total. The molecule has 3 rings (SSSR count). The van der Waals surface area contributed by atoms with Gasteiger partial charge in [-0.1, -0.05) is 67.7 Å². The Balaban J connectivity index is 2.00. The van der Waals surface area contributed by atoms with Crippen molar-refractivity contribution in [3.05, 3.63) is 0 Å². The van der Waals surface area contributed by atoms with Crippen molar-refractivity contribution in [2.75, 3.05) is 19.8 Å². The van der Waals surface area contributed by atoms with Crippen LogP contribution in [0.4, 0.5) is 0 Å². The maximum absolute atomic E-state index is 12.6. The van der Waals surface area contributed by atoms with Crippen LogP contribution in [0.3, 0.4) is 0 Å². The van der Waals surface area contributed by atoms with Gasteiger partial charge in [0.25, 0.3) is 0 Å². The molecule has 3 aliphatic rings. The number of hydrogen-bond donors (Lipinski definition) is 1. The summed E-state index contributed by atoms with van der Waals surface area (Å²) in [5.41, 5.74) is 0. The minimum absolute atomic E-state index is 0.0956. The summed E-state index contributed by atoms with van der Waals surface area (Å²) in [6.07, 6.45) is -6.72. The second-order valence-corrected chi connectivity index (χ2v) is 20.6. The largest absolute Gasteiger partial charge is 0.457 e. The van der Waals surface area contributed by atoms with Gasteiger partial charge in [-0.25, -0.2) is 0 Å². The van der Waals surface area contributed by atoms with Crippen molar-refractivity contribution in [2.24, 2.45) is 0 Å². The van der Waals surface area contributed by atoms with E-state index < -0.39 is 110 Å². The van der Waals surface area contributed by atoms with Crippen molar-refractivity contribution in [3.63, 3.8) is 0 Å². The highest BCUT2D eigenvalue weighted by Crippen LogP contribution is 2.55. The van der Waals surface area contributed by atoms with Gasteiger partial charge in [0.05, 0.1) is 13.2 Å². The van der Waals surface area contributed by atoms with E-state index in [0.717, 1.165) is 19.3 Å². The summed E-state index contributed by atoms with van der Waals surface area (Å²) >= 11 is 0. The molecular formula is C36H61NO15Si. The number of carbonyl (C=O) groups is 5. The standard InChI is InChI=1S/C36H61NO15Si/c1-13-14-15-16-17-43-34-32(49-24(6)42)31(48-23(5)41)28(46-21(3)39)25(51-34)18-44-33-27(37-20(2)38)30(47-22(4)40)29-26(50-33)19-45-53(52-29,35(7,8)9)36(10,11)12/h25-34H,13-19H2,1-12H3,(H,37,38)/t25-,26-,27-,28-,29+,30-,31+,32-,33+,34-/m1/s1. The predicted molar refractivity (Wildman–Crippen MR) is 189 cm³/mol. The highest BCUT2D eigenvalue weighted by molar-refractivity contribution is 6.73. The van der Waals surface area contributed by atoms with Crippen LogP contribution in [0.1, 0.15) is 109 Å². The van der Waals surface area contributed by atoms with E-state index in [1.54, 1.807) is 0 Å². The van der Waals surface area contributed by atoms with Gasteiger partial charge in [-0.3, -0.25) is 24.0 Å². The number of esters is 4. The topological polar surface area (TPSA) is 190 Å². The molecule has 3 aliphatic heterocycles. The predicted octanol–water partition coefficient (Wildman–Crippen LogP) is 3.74. The van der Waals surface area contributed by atoms with Gasteiger partial charge in [0.15, 0.2) is 37.0 Å². The molecule has 0 unspecified atom stereocenters. The van der Waals surface area contributed by atoms with E-state index in [2.05, 4.69) is 12.2 Å². The van der Waals surface area contributed by atoms with E-state index in [-0.39, 0.29) is 19.8 Å². The molecule has 1 amide bonds. The Morgan fingerprint density at radius 2 is 1.23 bits per heavy atom. The first-order chi connectivity index (χ1) is 24.6. The van der Waals surface area contributed by atoms with Crippen molar-refractivity contribution in [2.45, 2.75) is 180 Å². The molecule has 0 aromatic carbocycles. The molecule has 53 heavy (non-hydrogen) atoms. The highest BCUT2D eigenvalue weighted by Gasteiger charge is 2.65. The SMILES string of the molecule is CCCCCCO[C@@H]1O[C@H](CO[C@H]2O[C@@H]3CO[Si](C(C)(C)C)(C(C)(C)C)O[C@@H]3[C@H](OC(C)=O)[C@H]2NC(C)=O)[C@@H](OC(C)=O)[C@H](OC(C)=O)[C@H]1OC(C)=O. The molecule has 0 spiro atoms. The highest BCUT2D eigenvalue weighted by atomic mass is 28.4. The number of ether oxygens (including phenoxy) is 8. The Kier molecular flexibility index (Phi) is 15.8. The fourth-order valence-electron chi connectivity index (χ4n) is 7.42. The van der Waals surface area contributed by atoms with E-state index >= 15 is 0 Å². The quantitative estimate of drug-likeness (QED) is 0.116. The number of hydrogen-bond acceptors (Lipinski definition) is 15. The van der Waals surface area contributed by atoms with Crippen LogP contribution in [-0.2, 0) is 70.7 Å². The molecule has 3 saturated heterocycles. The number of unbranched alkanes of at least 4 members (excludes halogenated alkanes) is 3. The van der Waals surface area contributed by atoms with Crippen LogP contribution in [0.5, 0.6) is 0 Å². The van der Waals surface area contributed by atoms with Gasteiger partial charge in [-0.2, -0.15) is 0 Å². The zero-order chi connectivity index (χ0) is 39.9.